The Labute approximate surface area is 197 Å². The molecule has 3 nitrogen and oxygen atoms in total. The molecule has 0 spiro atoms. The molecule has 0 fully saturated rings. The Morgan fingerprint density at radius 2 is 1.64 bits per heavy atom. The molecule has 1 unspecified atom stereocenters. The second kappa shape index (κ2) is 8.86. The average molecular weight is 455 g/mol. The van der Waals surface area contributed by atoms with E-state index >= 15 is 0 Å². The van der Waals surface area contributed by atoms with Crippen LogP contribution in [0.15, 0.2) is 91.0 Å². The SMILES string of the molecule is CCOC1(OC(=O)c2ccc(Cl)cc2)CC=c2ccccc2=C1c1cccc2ccccc12. The second-order valence-corrected chi connectivity index (χ2v) is 8.42. The van der Waals surface area contributed by atoms with Crippen molar-refractivity contribution in [3.63, 3.8) is 0 Å². The summed E-state index contributed by atoms with van der Waals surface area (Å²) in [6.45, 7) is 2.30. The summed E-state index contributed by atoms with van der Waals surface area (Å²) >= 11 is 6.01. The van der Waals surface area contributed by atoms with Crippen LogP contribution in [-0.4, -0.2) is 18.4 Å². The quantitative estimate of drug-likeness (QED) is 0.296. The first-order valence-electron chi connectivity index (χ1n) is 11.0. The molecule has 5 rings (SSSR count). The van der Waals surface area contributed by atoms with Crippen LogP contribution in [0.4, 0.5) is 0 Å². The molecule has 1 aliphatic rings. The van der Waals surface area contributed by atoms with Gasteiger partial charge in [-0.15, -0.1) is 0 Å². The molecule has 0 saturated carbocycles. The third-order valence-electron chi connectivity index (χ3n) is 5.98. The first-order valence-corrected chi connectivity index (χ1v) is 11.4. The summed E-state index contributed by atoms with van der Waals surface area (Å²) in [6.07, 6.45) is 2.49. The van der Waals surface area contributed by atoms with Crippen LogP contribution in [0.25, 0.3) is 22.4 Å². The molecule has 33 heavy (non-hydrogen) atoms. The molecule has 0 aliphatic heterocycles. The molecule has 0 bridgehead atoms. The monoisotopic (exact) mass is 454 g/mol. The molecular weight excluding hydrogens is 432 g/mol. The Bertz CT molecular complexity index is 1450. The predicted octanol–water partition coefficient (Wildman–Crippen LogP) is 5.47. The molecule has 4 heteroatoms. The number of carbonyl (C=O) groups is 1. The molecule has 0 radical (unpaired) electrons. The van der Waals surface area contributed by atoms with Gasteiger partial charge in [0.05, 0.1) is 5.56 Å². The van der Waals surface area contributed by atoms with E-state index in [9.17, 15) is 4.79 Å². The van der Waals surface area contributed by atoms with E-state index in [0.717, 1.165) is 32.3 Å². The lowest BCUT2D eigenvalue weighted by Gasteiger charge is -2.37. The van der Waals surface area contributed by atoms with Crippen molar-refractivity contribution in [2.75, 3.05) is 6.61 Å². The Morgan fingerprint density at radius 3 is 2.45 bits per heavy atom. The van der Waals surface area contributed by atoms with Gasteiger partial charge in [-0.3, -0.25) is 0 Å². The number of carbonyl (C=O) groups excluding carboxylic acids is 1. The molecule has 0 N–H and O–H groups in total. The van der Waals surface area contributed by atoms with Crippen LogP contribution in [0.1, 0.15) is 29.3 Å². The number of fused-ring (bicyclic) bond motifs is 2. The van der Waals surface area contributed by atoms with Gasteiger partial charge >= 0.3 is 5.97 Å². The van der Waals surface area contributed by atoms with Crippen molar-refractivity contribution < 1.29 is 14.3 Å². The minimum Gasteiger partial charge on any atom is -0.425 e. The summed E-state index contributed by atoms with van der Waals surface area (Å²) in [7, 11) is 0. The largest absolute Gasteiger partial charge is 0.425 e. The van der Waals surface area contributed by atoms with Gasteiger partial charge in [0.1, 0.15) is 0 Å². The van der Waals surface area contributed by atoms with Crippen LogP contribution in [0.3, 0.4) is 0 Å². The van der Waals surface area contributed by atoms with Crippen molar-refractivity contribution in [1.29, 1.82) is 0 Å². The van der Waals surface area contributed by atoms with Crippen LogP contribution < -0.4 is 10.4 Å². The zero-order valence-corrected chi connectivity index (χ0v) is 19.0. The number of hydrogen-bond acceptors (Lipinski definition) is 3. The van der Waals surface area contributed by atoms with Crippen molar-refractivity contribution in [2.45, 2.75) is 19.1 Å². The number of halogens is 1. The Kier molecular flexibility index (Phi) is 5.76. The zero-order chi connectivity index (χ0) is 22.8. The van der Waals surface area contributed by atoms with Crippen molar-refractivity contribution >= 4 is 40.0 Å². The molecule has 0 amide bonds. The van der Waals surface area contributed by atoms with E-state index in [1.54, 1.807) is 24.3 Å². The molecule has 0 heterocycles. The summed E-state index contributed by atoms with van der Waals surface area (Å²) in [5.74, 6) is -1.71. The average Bonchev–Trinajstić information content (AvgIpc) is 2.84. The minimum absolute atomic E-state index is 0.387. The van der Waals surface area contributed by atoms with Gasteiger partial charge < -0.3 is 9.47 Å². The maximum absolute atomic E-state index is 13.3. The zero-order valence-electron chi connectivity index (χ0n) is 18.3. The van der Waals surface area contributed by atoms with Crippen LogP contribution >= 0.6 is 11.6 Å². The Balaban J connectivity index is 1.76. The third kappa shape index (κ3) is 3.95. The second-order valence-electron chi connectivity index (χ2n) is 7.98. The highest BCUT2D eigenvalue weighted by Gasteiger charge is 2.42. The van der Waals surface area contributed by atoms with E-state index in [1.807, 2.05) is 37.3 Å². The van der Waals surface area contributed by atoms with Crippen LogP contribution in [0.2, 0.25) is 5.02 Å². The number of benzene rings is 4. The fourth-order valence-electron chi connectivity index (χ4n) is 4.53. The first kappa shape index (κ1) is 21.4. The van der Waals surface area contributed by atoms with Crippen LogP contribution in [0.5, 0.6) is 0 Å². The van der Waals surface area contributed by atoms with Crippen LogP contribution in [-0.2, 0) is 9.47 Å². The fraction of sp³-hybridized carbons (Fsp3) is 0.138. The van der Waals surface area contributed by atoms with Crippen molar-refractivity contribution in [1.82, 2.24) is 0 Å². The van der Waals surface area contributed by atoms with Gasteiger partial charge in [0.25, 0.3) is 0 Å². The smallest absolute Gasteiger partial charge is 0.340 e. The molecule has 0 aromatic heterocycles. The highest BCUT2D eigenvalue weighted by atomic mass is 35.5. The normalized spacial score (nSPS) is 17.3. The maximum Gasteiger partial charge on any atom is 0.340 e. The van der Waals surface area contributed by atoms with E-state index in [2.05, 4.69) is 42.5 Å². The maximum atomic E-state index is 13.3. The van der Waals surface area contributed by atoms with Crippen molar-refractivity contribution in [3.05, 3.63) is 118 Å². The first-order chi connectivity index (χ1) is 16.1. The summed E-state index contributed by atoms with van der Waals surface area (Å²) in [5, 5.41) is 4.85. The third-order valence-corrected chi connectivity index (χ3v) is 6.23. The molecular formula is C29H23ClO3. The highest BCUT2D eigenvalue weighted by molar-refractivity contribution is 6.30. The van der Waals surface area contributed by atoms with E-state index in [4.69, 9.17) is 21.1 Å². The Morgan fingerprint density at radius 1 is 0.909 bits per heavy atom. The van der Waals surface area contributed by atoms with E-state index in [0.29, 0.717) is 23.6 Å². The van der Waals surface area contributed by atoms with Gasteiger partial charge in [-0.2, -0.15) is 0 Å². The summed E-state index contributed by atoms with van der Waals surface area (Å²) in [6, 6.07) is 29.3. The highest BCUT2D eigenvalue weighted by Crippen LogP contribution is 2.38. The van der Waals surface area contributed by atoms with Gasteiger partial charge in [0, 0.05) is 23.6 Å². The number of hydrogen-bond donors (Lipinski definition) is 0. The molecule has 0 saturated heterocycles. The van der Waals surface area contributed by atoms with Crippen LogP contribution in [0, 0.1) is 0 Å². The van der Waals surface area contributed by atoms with E-state index < -0.39 is 11.8 Å². The minimum atomic E-state index is -1.26. The topological polar surface area (TPSA) is 35.5 Å². The Hall–Kier alpha value is -3.40. The molecule has 164 valence electrons. The standard InChI is InChI=1S/C29H23ClO3/c1-2-32-29(33-28(31)22-14-16-23(30)17-15-22)19-18-21-9-4-6-12-25(21)27(29)26-13-7-10-20-8-3-5-11-24(20)26/h3-18H,2,19H2,1H3. The van der Waals surface area contributed by atoms with Gasteiger partial charge in [-0.05, 0) is 58.0 Å². The van der Waals surface area contributed by atoms with Gasteiger partial charge in [-0.25, -0.2) is 4.79 Å². The predicted molar refractivity (Wildman–Crippen MR) is 132 cm³/mol. The van der Waals surface area contributed by atoms with E-state index in [1.165, 1.54) is 0 Å². The lowest BCUT2D eigenvalue weighted by atomic mass is 9.85. The molecule has 1 aliphatic carbocycles. The summed E-state index contributed by atoms with van der Waals surface area (Å²) in [5.41, 5.74) is 2.28. The van der Waals surface area contributed by atoms with Gasteiger partial charge in [-0.1, -0.05) is 84.4 Å². The fourth-order valence-corrected chi connectivity index (χ4v) is 4.65. The molecule has 4 aromatic rings. The summed E-state index contributed by atoms with van der Waals surface area (Å²) < 4.78 is 12.6. The van der Waals surface area contributed by atoms with Crippen molar-refractivity contribution in [2.24, 2.45) is 0 Å². The molecule has 1 atom stereocenters. The van der Waals surface area contributed by atoms with Crippen molar-refractivity contribution in [3.8, 4) is 0 Å². The van der Waals surface area contributed by atoms with E-state index in [-0.39, 0.29) is 0 Å². The lowest BCUT2D eigenvalue weighted by Crippen LogP contribution is -2.48. The van der Waals surface area contributed by atoms with Gasteiger partial charge in [0.2, 0.25) is 5.79 Å². The number of rotatable bonds is 5. The van der Waals surface area contributed by atoms with Gasteiger partial charge in [0.15, 0.2) is 0 Å². The molecule has 4 aromatic carbocycles. The number of ether oxygens (including phenoxy) is 2. The summed E-state index contributed by atoms with van der Waals surface area (Å²) in [4.78, 5) is 13.3. The lowest BCUT2D eigenvalue weighted by molar-refractivity contribution is -0.155. The number of esters is 1.